The Labute approximate surface area is 117 Å². The van der Waals surface area contributed by atoms with Crippen LogP contribution in [0.1, 0.15) is 19.4 Å². The number of benzene rings is 1. The molecule has 0 aliphatic carbocycles. The maximum atomic E-state index is 9.72. The molecule has 7 heteroatoms. The van der Waals surface area contributed by atoms with Crippen LogP contribution in [0.5, 0.6) is 5.88 Å². The van der Waals surface area contributed by atoms with E-state index in [1.807, 2.05) is 26.0 Å². The molecule has 1 aromatic heterocycles. The van der Waals surface area contributed by atoms with Crippen LogP contribution < -0.4 is 15.8 Å². The number of nitrogens with one attached hydrogen (secondary N) is 1. The van der Waals surface area contributed by atoms with Gasteiger partial charge in [0.15, 0.2) is 12.7 Å². The molecule has 2 aromatic rings. The van der Waals surface area contributed by atoms with Crippen LogP contribution >= 0.6 is 0 Å². The van der Waals surface area contributed by atoms with E-state index >= 15 is 0 Å². The number of rotatable bonds is 3. The lowest BCUT2D eigenvalue weighted by Gasteiger charge is -2.19. The second-order valence-corrected chi connectivity index (χ2v) is 3.92. The van der Waals surface area contributed by atoms with E-state index in [0.29, 0.717) is 18.2 Å². The topological polar surface area (TPSA) is 76.8 Å². The lowest BCUT2D eigenvalue weighted by molar-refractivity contribution is 0.266. The van der Waals surface area contributed by atoms with Gasteiger partial charge in [-0.15, -0.1) is 0 Å². The zero-order valence-electron chi connectivity index (χ0n) is 11.5. The van der Waals surface area contributed by atoms with Crippen LogP contribution in [0.25, 0.3) is 0 Å². The minimum absolute atomic E-state index is 0.338. The highest BCUT2D eigenvalue weighted by atomic mass is 16.7. The number of oxazole rings is 1. The zero-order valence-corrected chi connectivity index (χ0v) is 11.5. The Morgan fingerprint density at radius 1 is 1.40 bits per heavy atom. The van der Waals surface area contributed by atoms with Crippen LogP contribution in [-0.4, -0.2) is 23.7 Å². The summed E-state index contributed by atoms with van der Waals surface area (Å²) in [4.78, 5) is 8.99. The Hall–Kier alpha value is -1.99. The number of nitrogens with zero attached hydrogens (tertiary/aromatic N) is 1. The van der Waals surface area contributed by atoms with Crippen LogP contribution in [0.2, 0.25) is 0 Å². The molecule has 0 spiro atoms. The first-order chi connectivity index (χ1) is 9.83. The number of fused-ring (bicyclic) bond motifs is 1. The van der Waals surface area contributed by atoms with Crippen molar-refractivity contribution in [2.75, 3.05) is 12.1 Å². The molecule has 106 valence electrons. The first kappa shape index (κ1) is 14.4. The molecule has 0 bridgehead atoms. The average Bonchev–Trinajstić information content (AvgIpc) is 3.01. The molecular formula is C13H17BN2O4. The molecule has 1 aliphatic heterocycles. The number of anilines is 1. The van der Waals surface area contributed by atoms with Crippen LogP contribution in [-0.2, 0) is 11.1 Å². The predicted octanol–water partition coefficient (Wildman–Crippen LogP) is 1.37. The van der Waals surface area contributed by atoms with E-state index in [1.165, 1.54) is 12.7 Å². The highest BCUT2D eigenvalue weighted by Crippen LogP contribution is 2.14. The Morgan fingerprint density at radius 2 is 2.25 bits per heavy atom. The average molecular weight is 276 g/mol. The maximum Gasteiger partial charge on any atom is 0.491 e. The first-order valence-electron chi connectivity index (χ1n) is 6.56. The van der Waals surface area contributed by atoms with E-state index in [1.54, 1.807) is 6.07 Å². The van der Waals surface area contributed by atoms with E-state index in [-0.39, 0.29) is 0 Å². The Balaban J connectivity index is 0.000000704. The molecule has 3 rings (SSSR count). The van der Waals surface area contributed by atoms with Gasteiger partial charge in [-0.05, 0) is 29.6 Å². The second-order valence-electron chi connectivity index (χ2n) is 3.92. The zero-order chi connectivity index (χ0) is 14.4. The fourth-order valence-corrected chi connectivity index (χ4v) is 1.85. The van der Waals surface area contributed by atoms with Gasteiger partial charge in [0.2, 0.25) is 0 Å². The molecule has 0 saturated heterocycles. The van der Waals surface area contributed by atoms with Crippen molar-refractivity contribution >= 4 is 18.3 Å². The van der Waals surface area contributed by atoms with Crippen molar-refractivity contribution in [3.05, 3.63) is 36.4 Å². The van der Waals surface area contributed by atoms with Gasteiger partial charge in [-0.1, -0.05) is 19.9 Å². The van der Waals surface area contributed by atoms with E-state index in [9.17, 15) is 5.02 Å². The van der Waals surface area contributed by atoms with E-state index in [0.717, 1.165) is 17.4 Å². The standard InChI is InChI=1S/C11H11BN2O4.C2H6/c15-12-10-5-9(2-1-8(10)3-4-17-12)14-18-11-6-16-7-13-11;1-2/h1-2,5-7,14-15H,3-4H2;1-2H3. The monoisotopic (exact) mass is 276 g/mol. The molecular weight excluding hydrogens is 259 g/mol. The molecule has 1 aliphatic rings. The molecule has 0 atom stereocenters. The highest BCUT2D eigenvalue weighted by molar-refractivity contribution is 6.61. The molecule has 0 radical (unpaired) electrons. The lowest BCUT2D eigenvalue weighted by Crippen LogP contribution is -2.41. The fraction of sp³-hybridized carbons (Fsp3) is 0.308. The smallest absolute Gasteiger partial charge is 0.448 e. The van der Waals surface area contributed by atoms with Gasteiger partial charge < -0.3 is 18.9 Å². The number of aromatic nitrogens is 1. The molecule has 6 nitrogen and oxygen atoms in total. The molecule has 0 saturated carbocycles. The molecule has 2 heterocycles. The Bertz CT molecular complexity index is 533. The van der Waals surface area contributed by atoms with Gasteiger partial charge in [0.1, 0.15) is 0 Å². The highest BCUT2D eigenvalue weighted by Gasteiger charge is 2.24. The van der Waals surface area contributed by atoms with E-state index in [2.05, 4.69) is 10.5 Å². The molecule has 0 unspecified atom stereocenters. The SMILES string of the molecule is CC.OB1OCCc2ccc(NOc3cocn3)cc21. The third-order valence-corrected chi connectivity index (χ3v) is 2.74. The van der Waals surface area contributed by atoms with Crippen molar-refractivity contribution in [2.24, 2.45) is 0 Å². The largest absolute Gasteiger partial charge is 0.491 e. The lowest BCUT2D eigenvalue weighted by atomic mass is 9.73. The number of hydrogen-bond donors (Lipinski definition) is 2. The Kier molecular flexibility index (Phi) is 5.03. The normalized spacial score (nSPS) is 13.1. The second kappa shape index (κ2) is 6.97. The van der Waals surface area contributed by atoms with Crippen LogP contribution in [0, 0.1) is 0 Å². The third-order valence-electron chi connectivity index (χ3n) is 2.74. The van der Waals surface area contributed by atoms with Crippen LogP contribution in [0.4, 0.5) is 5.69 Å². The summed E-state index contributed by atoms with van der Waals surface area (Å²) in [5.41, 5.74) is 5.28. The summed E-state index contributed by atoms with van der Waals surface area (Å²) < 4.78 is 9.94. The van der Waals surface area contributed by atoms with Gasteiger partial charge in [-0.3, -0.25) is 0 Å². The summed E-state index contributed by atoms with van der Waals surface area (Å²) in [6.45, 7) is 4.54. The van der Waals surface area contributed by atoms with Crippen LogP contribution in [0.15, 0.2) is 35.3 Å². The van der Waals surface area contributed by atoms with E-state index in [4.69, 9.17) is 13.9 Å². The summed E-state index contributed by atoms with van der Waals surface area (Å²) in [5, 5.41) is 9.72. The van der Waals surface area contributed by atoms with Crippen molar-refractivity contribution in [1.82, 2.24) is 4.98 Å². The van der Waals surface area contributed by atoms with Gasteiger partial charge in [0, 0.05) is 6.61 Å². The van der Waals surface area contributed by atoms with Gasteiger partial charge in [0.05, 0.1) is 5.69 Å². The fourth-order valence-electron chi connectivity index (χ4n) is 1.85. The van der Waals surface area contributed by atoms with Crippen molar-refractivity contribution < 1.29 is 18.9 Å². The quantitative estimate of drug-likeness (QED) is 0.651. The van der Waals surface area contributed by atoms with Crippen molar-refractivity contribution in [1.29, 1.82) is 0 Å². The molecule has 1 aromatic carbocycles. The summed E-state index contributed by atoms with van der Waals surface area (Å²) in [5.74, 6) is 0.338. The minimum atomic E-state index is -0.873. The van der Waals surface area contributed by atoms with E-state index < -0.39 is 7.12 Å². The Morgan fingerprint density at radius 3 is 3.00 bits per heavy atom. The summed E-state index contributed by atoms with van der Waals surface area (Å²) >= 11 is 0. The van der Waals surface area contributed by atoms with Crippen molar-refractivity contribution in [3.8, 4) is 5.88 Å². The summed E-state index contributed by atoms with van der Waals surface area (Å²) in [6.07, 6.45) is 3.46. The minimum Gasteiger partial charge on any atom is -0.448 e. The van der Waals surface area contributed by atoms with Gasteiger partial charge in [-0.2, -0.15) is 4.98 Å². The van der Waals surface area contributed by atoms with Crippen molar-refractivity contribution in [2.45, 2.75) is 20.3 Å². The van der Waals surface area contributed by atoms with Crippen LogP contribution in [0.3, 0.4) is 0 Å². The number of hydrogen-bond acceptors (Lipinski definition) is 6. The summed E-state index contributed by atoms with van der Waals surface area (Å²) in [6, 6.07) is 5.60. The van der Waals surface area contributed by atoms with Gasteiger partial charge in [0.25, 0.3) is 5.88 Å². The molecule has 2 N–H and O–H groups in total. The first-order valence-corrected chi connectivity index (χ1v) is 6.56. The summed E-state index contributed by atoms with van der Waals surface area (Å²) in [7, 11) is -0.873. The van der Waals surface area contributed by atoms with Crippen molar-refractivity contribution in [3.63, 3.8) is 0 Å². The maximum absolute atomic E-state index is 9.72. The van der Waals surface area contributed by atoms with Gasteiger partial charge >= 0.3 is 7.12 Å². The molecule has 0 amide bonds. The molecule has 0 fully saturated rings. The van der Waals surface area contributed by atoms with Gasteiger partial charge in [-0.25, -0.2) is 5.48 Å². The molecule has 20 heavy (non-hydrogen) atoms. The third kappa shape index (κ3) is 3.31. The predicted molar refractivity (Wildman–Crippen MR) is 75.8 cm³/mol.